The van der Waals surface area contributed by atoms with E-state index in [0.717, 1.165) is 37.6 Å². The lowest BCUT2D eigenvalue weighted by atomic mass is 10.1. The highest BCUT2D eigenvalue weighted by atomic mass is 16.5. The van der Waals surface area contributed by atoms with E-state index in [0.29, 0.717) is 26.4 Å². The quantitative estimate of drug-likeness (QED) is 0.308. The van der Waals surface area contributed by atoms with Crippen LogP contribution in [-0.4, -0.2) is 53.0 Å². The molecular formula is C23H33N3O3. The average Bonchev–Trinajstić information content (AvgIpc) is 2.77. The van der Waals surface area contributed by atoms with Crippen molar-refractivity contribution >= 4 is 5.96 Å². The van der Waals surface area contributed by atoms with Crippen molar-refractivity contribution < 1.29 is 14.2 Å². The summed E-state index contributed by atoms with van der Waals surface area (Å²) >= 11 is 0. The summed E-state index contributed by atoms with van der Waals surface area (Å²) in [5.74, 6) is 1.69. The van der Waals surface area contributed by atoms with Crippen molar-refractivity contribution in [3.8, 4) is 5.75 Å². The van der Waals surface area contributed by atoms with Gasteiger partial charge in [0.1, 0.15) is 12.4 Å². The highest BCUT2D eigenvalue weighted by molar-refractivity contribution is 5.79. The minimum atomic E-state index is 0.584. The first-order chi connectivity index (χ1) is 14.3. The van der Waals surface area contributed by atoms with E-state index in [1.54, 1.807) is 14.2 Å². The third-order valence-corrected chi connectivity index (χ3v) is 4.29. The molecule has 0 atom stereocenters. The maximum absolute atomic E-state index is 5.83. The van der Waals surface area contributed by atoms with Gasteiger partial charge in [-0.25, -0.2) is 0 Å². The summed E-state index contributed by atoms with van der Waals surface area (Å²) in [6.45, 7) is 4.21. The average molecular weight is 400 g/mol. The Bertz CT molecular complexity index is 690. The van der Waals surface area contributed by atoms with Gasteiger partial charge in [-0.15, -0.1) is 0 Å². The number of ether oxygens (including phenoxy) is 3. The SMILES string of the molecule is CN=C(NCCCOCCOC)NCCc1ccc(OCc2ccccc2)cc1. The molecule has 0 radical (unpaired) electrons. The molecule has 0 unspecified atom stereocenters. The van der Waals surface area contributed by atoms with Crippen LogP contribution >= 0.6 is 0 Å². The Morgan fingerprint density at radius 3 is 2.34 bits per heavy atom. The van der Waals surface area contributed by atoms with E-state index in [4.69, 9.17) is 14.2 Å². The predicted molar refractivity (Wildman–Crippen MR) is 118 cm³/mol. The molecule has 0 aliphatic heterocycles. The van der Waals surface area contributed by atoms with Crippen molar-refractivity contribution in [1.82, 2.24) is 10.6 Å². The summed E-state index contributed by atoms with van der Waals surface area (Å²) in [5, 5.41) is 6.63. The number of hydrogen-bond acceptors (Lipinski definition) is 4. The van der Waals surface area contributed by atoms with Gasteiger partial charge in [-0.2, -0.15) is 0 Å². The molecule has 0 spiro atoms. The van der Waals surface area contributed by atoms with E-state index in [2.05, 4.69) is 39.9 Å². The fourth-order valence-corrected chi connectivity index (χ4v) is 2.66. The van der Waals surface area contributed by atoms with Crippen molar-refractivity contribution in [1.29, 1.82) is 0 Å². The van der Waals surface area contributed by atoms with Crippen molar-refractivity contribution in [3.63, 3.8) is 0 Å². The van der Waals surface area contributed by atoms with Gasteiger partial charge in [-0.1, -0.05) is 42.5 Å². The lowest BCUT2D eigenvalue weighted by Gasteiger charge is -2.12. The van der Waals surface area contributed by atoms with Crippen LogP contribution in [0.25, 0.3) is 0 Å². The second kappa shape index (κ2) is 14.4. The number of nitrogens with zero attached hydrogens (tertiary/aromatic N) is 1. The lowest BCUT2D eigenvalue weighted by Crippen LogP contribution is -2.39. The minimum Gasteiger partial charge on any atom is -0.489 e. The van der Waals surface area contributed by atoms with Crippen LogP contribution in [0.5, 0.6) is 5.75 Å². The molecule has 29 heavy (non-hydrogen) atoms. The molecule has 6 nitrogen and oxygen atoms in total. The molecular weight excluding hydrogens is 366 g/mol. The van der Waals surface area contributed by atoms with Crippen LogP contribution in [0.2, 0.25) is 0 Å². The molecule has 0 fully saturated rings. The van der Waals surface area contributed by atoms with E-state index in [1.807, 2.05) is 30.3 Å². The maximum Gasteiger partial charge on any atom is 0.190 e. The molecule has 0 bridgehead atoms. The third-order valence-electron chi connectivity index (χ3n) is 4.29. The van der Waals surface area contributed by atoms with Crippen molar-refractivity contribution in [2.24, 2.45) is 4.99 Å². The number of rotatable bonds is 13. The monoisotopic (exact) mass is 399 g/mol. The van der Waals surface area contributed by atoms with Crippen LogP contribution in [0.3, 0.4) is 0 Å². The van der Waals surface area contributed by atoms with E-state index in [1.165, 1.54) is 11.1 Å². The summed E-state index contributed by atoms with van der Waals surface area (Å²) < 4.78 is 16.2. The first-order valence-corrected chi connectivity index (χ1v) is 10.1. The molecule has 0 saturated carbocycles. The number of hydrogen-bond donors (Lipinski definition) is 2. The first-order valence-electron chi connectivity index (χ1n) is 10.1. The Hall–Kier alpha value is -2.57. The minimum absolute atomic E-state index is 0.584. The number of guanidine groups is 1. The van der Waals surface area contributed by atoms with Crippen LogP contribution in [0.15, 0.2) is 59.6 Å². The fourth-order valence-electron chi connectivity index (χ4n) is 2.66. The van der Waals surface area contributed by atoms with Crippen LogP contribution in [-0.2, 0) is 22.5 Å². The predicted octanol–water partition coefficient (Wildman–Crippen LogP) is 3.03. The largest absolute Gasteiger partial charge is 0.489 e. The Kier molecular flexibility index (Phi) is 11.3. The topological polar surface area (TPSA) is 64.1 Å². The highest BCUT2D eigenvalue weighted by Gasteiger charge is 2.00. The van der Waals surface area contributed by atoms with Crippen molar-refractivity contribution in [2.75, 3.05) is 47.1 Å². The van der Waals surface area contributed by atoms with Crippen LogP contribution in [0, 0.1) is 0 Å². The summed E-state index contributed by atoms with van der Waals surface area (Å²) in [4.78, 5) is 4.25. The van der Waals surface area contributed by atoms with E-state index in [-0.39, 0.29) is 0 Å². The molecule has 0 aromatic heterocycles. The molecule has 158 valence electrons. The van der Waals surface area contributed by atoms with Gasteiger partial charge in [0.25, 0.3) is 0 Å². The number of nitrogens with one attached hydrogen (secondary N) is 2. The van der Waals surface area contributed by atoms with Gasteiger partial charge in [-0.05, 0) is 36.1 Å². The van der Waals surface area contributed by atoms with E-state index < -0.39 is 0 Å². The maximum atomic E-state index is 5.83. The Labute approximate surface area is 174 Å². The summed E-state index contributed by atoms with van der Waals surface area (Å²) in [7, 11) is 3.46. The van der Waals surface area contributed by atoms with Crippen molar-refractivity contribution in [2.45, 2.75) is 19.4 Å². The molecule has 2 rings (SSSR count). The molecule has 0 heterocycles. The number of methoxy groups -OCH3 is 1. The van der Waals surface area contributed by atoms with Gasteiger partial charge < -0.3 is 24.8 Å². The van der Waals surface area contributed by atoms with Crippen molar-refractivity contribution in [3.05, 3.63) is 65.7 Å². The summed E-state index contributed by atoms with van der Waals surface area (Å²) in [5.41, 5.74) is 2.42. The molecule has 2 aromatic rings. The normalized spacial score (nSPS) is 11.3. The van der Waals surface area contributed by atoms with Gasteiger partial charge in [0.2, 0.25) is 0 Å². The lowest BCUT2D eigenvalue weighted by molar-refractivity contribution is 0.0698. The second-order valence-corrected chi connectivity index (χ2v) is 6.55. The molecule has 0 aliphatic rings. The van der Waals surface area contributed by atoms with Gasteiger partial charge >= 0.3 is 0 Å². The zero-order valence-electron chi connectivity index (χ0n) is 17.5. The fraction of sp³-hybridized carbons (Fsp3) is 0.435. The van der Waals surface area contributed by atoms with Gasteiger partial charge in [0, 0.05) is 33.9 Å². The Morgan fingerprint density at radius 1 is 0.862 bits per heavy atom. The summed E-state index contributed by atoms with van der Waals surface area (Å²) in [6, 6.07) is 18.4. The van der Waals surface area contributed by atoms with Gasteiger partial charge in [-0.3, -0.25) is 4.99 Å². The molecule has 0 aliphatic carbocycles. The third kappa shape index (κ3) is 9.96. The first kappa shape index (κ1) is 22.7. The molecule has 6 heteroatoms. The zero-order valence-corrected chi connectivity index (χ0v) is 17.5. The highest BCUT2D eigenvalue weighted by Crippen LogP contribution is 2.14. The van der Waals surface area contributed by atoms with Crippen LogP contribution in [0.1, 0.15) is 17.5 Å². The smallest absolute Gasteiger partial charge is 0.190 e. The van der Waals surface area contributed by atoms with Gasteiger partial charge in [0.05, 0.1) is 13.2 Å². The number of aliphatic imine (C=N–C) groups is 1. The number of benzene rings is 2. The van der Waals surface area contributed by atoms with Crippen LogP contribution < -0.4 is 15.4 Å². The molecule has 0 amide bonds. The molecule has 0 saturated heterocycles. The standard InChI is InChI=1S/C23H33N3O3/c1-24-23(25-14-6-16-28-18-17-27-2)26-15-13-20-9-11-22(12-10-20)29-19-21-7-4-3-5-8-21/h3-5,7-12H,6,13-19H2,1-2H3,(H2,24,25,26). The zero-order chi connectivity index (χ0) is 20.6. The Balaban J connectivity index is 1.59. The van der Waals surface area contributed by atoms with E-state index in [9.17, 15) is 0 Å². The molecule has 2 aromatic carbocycles. The molecule has 2 N–H and O–H groups in total. The Morgan fingerprint density at radius 2 is 1.62 bits per heavy atom. The van der Waals surface area contributed by atoms with E-state index >= 15 is 0 Å². The second-order valence-electron chi connectivity index (χ2n) is 6.55. The summed E-state index contributed by atoms with van der Waals surface area (Å²) in [6.07, 6.45) is 1.84. The van der Waals surface area contributed by atoms with Gasteiger partial charge in [0.15, 0.2) is 5.96 Å². The van der Waals surface area contributed by atoms with Crippen LogP contribution in [0.4, 0.5) is 0 Å².